The summed E-state index contributed by atoms with van der Waals surface area (Å²) >= 11 is 6.89. The summed E-state index contributed by atoms with van der Waals surface area (Å²) in [5.74, 6) is -1.44. The minimum absolute atomic E-state index is 0.0453. The first kappa shape index (κ1) is 19.4. The first-order valence-electron chi connectivity index (χ1n) is 7.86. The van der Waals surface area contributed by atoms with Gasteiger partial charge in [0.05, 0.1) is 0 Å². The Morgan fingerprint density at radius 2 is 1.86 bits per heavy atom. The Labute approximate surface area is 167 Å². The van der Waals surface area contributed by atoms with Crippen molar-refractivity contribution >= 4 is 52.4 Å². The summed E-state index contributed by atoms with van der Waals surface area (Å²) in [5, 5.41) is 14.6. The number of hydrogen-bond acceptors (Lipinski definition) is 5. The van der Waals surface area contributed by atoms with Gasteiger partial charge < -0.3 is 21.1 Å². The Balaban J connectivity index is 1.74. The van der Waals surface area contributed by atoms with E-state index in [1.54, 1.807) is 30.3 Å². The lowest BCUT2D eigenvalue weighted by Gasteiger charge is -2.06. The lowest BCUT2D eigenvalue weighted by atomic mass is 10.3. The maximum Gasteiger partial charge on any atom is 0.345 e. The van der Waals surface area contributed by atoms with Gasteiger partial charge in [0.25, 0.3) is 5.91 Å². The van der Waals surface area contributed by atoms with Gasteiger partial charge in [-0.15, -0.1) is 11.3 Å². The molecular weight excluding hydrogens is 406 g/mol. The number of primary amides is 1. The number of nitrogens with two attached hydrogens (primary N) is 1. The van der Waals surface area contributed by atoms with Crippen molar-refractivity contribution in [3.8, 4) is 0 Å². The molecule has 0 aliphatic heterocycles. The standard InChI is InChI=1S/C17H14ClN5O4S/c18-8-1-3-9(4-2-8)20-17(27)23-15-13(14(19)24)21-12(22-15)7-10-5-6-11(28-10)16(25)26/h1-6H,7H2,(H2,19,24)(H,21,22)(H,25,26)(H2,20,23,27). The molecule has 0 fully saturated rings. The molecular formula is C17H14ClN5O4S. The number of imidazole rings is 1. The van der Waals surface area contributed by atoms with Crippen LogP contribution in [0.25, 0.3) is 0 Å². The number of aromatic amines is 1. The SMILES string of the molecule is NC(=O)c1nc(Cc2ccc(C(=O)O)s2)[nH]c1NC(=O)Nc1ccc(Cl)cc1. The average Bonchev–Trinajstić information content (AvgIpc) is 3.24. The van der Waals surface area contributed by atoms with E-state index in [0.717, 1.165) is 16.2 Å². The smallest absolute Gasteiger partial charge is 0.345 e. The van der Waals surface area contributed by atoms with Crippen LogP contribution in [0.2, 0.25) is 5.02 Å². The van der Waals surface area contributed by atoms with Crippen LogP contribution < -0.4 is 16.4 Å². The van der Waals surface area contributed by atoms with Crippen molar-refractivity contribution < 1.29 is 19.5 Å². The van der Waals surface area contributed by atoms with Gasteiger partial charge in [-0.3, -0.25) is 10.1 Å². The van der Waals surface area contributed by atoms with Gasteiger partial charge in [-0.1, -0.05) is 11.6 Å². The number of halogens is 1. The van der Waals surface area contributed by atoms with Crippen molar-refractivity contribution in [1.82, 2.24) is 9.97 Å². The number of carbonyl (C=O) groups excluding carboxylic acids is 2. The van der Waals surface area contributed by atoms with E-state index in [1.165, 1.54) is 6.07 Å². The van der Waals surface area contributed by atoms with E-state index in [9.17, 15) is 14.4 Å². The highest BCUT2D eigenvalue weighted by molar-refractivity contribution is 7.13. The van der Waals surface area contributed by atoms with Gasteiger partial charge in [-0.05, 0) is 36.4 Å². The number of H-pyrrole nitrogens is 1. The number of hydrogen-bond donors (Lipinski definition) is 5. The third kappa shape index (κ3) is 4.67. The number of carboxylic acid groups (broad SMARTS) is 1. The Bertz CT molecular complexity index is 1040. The zero-order valence-corrected chi connectivity index (χ0v) is 15.7. The average molecular weight is 420 g/mol. The molecule has 9 nitrogen and oxygen atoms in total. The highest BCUT2D eigenvalue weighted by Crippen LogP contribution is 2.21. The van der Waals surface area contributed by atoms with E-state index in [2.05, 4.69) is 20.6 Å². The van der Waals surface area contributed by atoms with Crippen molar-refractivity contribution in [3.63, 3.8) is 0 Å². The number of nitrogens with zero attached hydrogens (tertiary/aromatic N) is 1. The van der Waals surface area contributed by atoms with Crippen LogP contribution in [-0.2, 0) is 6.42 Å². The predicted octanol–water partition coefficient (Wildman–Crippen LogP) is 3.16. The zero-order valence-electron chi connectivity index (χ0n) is 14.2. The second kappa shape index (κ2) is 8.11. The van der Waals surface area contributed by atoms with Crippen LogP contribution in [-0.4, -0.2) is 33.0 Å². The highest BCUT2D eigenvalue weighted by Gasteiger charge is 2.18. The van der Waals surface area contributed by atoms with Gasteiger partial charge in [0.2, 0.25) is 0 Å². The molecule has 1 aromatic carbocycles. The molecule has 11 heteroatoms. The molecule has 3 aromatic rings. The number of nitrogens with one attached hydrogen (secondary N) is 3. The molecule has 0 unspecified atom stereocenters. The molecule has 0 bridgehead atoms. The molecule has 0 aliphatic carbocycles. The van der Waals surface area contributed by atoms with Crippen LogP contribution in [0, 0.1) is 0 Å². The fraction of sp³-hybridized carbons (Fsp3) is 0.0588. The van der Waals surface area contributed by atoms with E-state index in [1.807, 2.05) is 0 Å². The molecule has 2 aromatic heterocycles. The van der Waals surface area contributed by atoms with E-state index in [0.29, 0.717) is 16.5 Å². The number of urea groups is 1. The lowest BCUT2D eigenvalue weighted by molar-refractivity contribution is 0.0702. The van der Waals surface area contributed by atoms with Gasteiger partial charge in [0.15, 0.2) is 5.69 Å². The summed E-state index contributed by atoms with van der Waals surface area (Å²) in [4.78, 5) is 42.6. The second-order valence-electron chi connectivity index (χ2n) is 5.61. The molecule has 2 heterocycles. The Morgan fingerprint density at radius 1 is 1.14 bits per heavy atom. The Morgan fingerprint density at radius 3 is 2.46 bits per heavy atom. The lowest BCUT2D eigenvalue weighted by Crippen LogP contribution is -2.22. The molecule has 144 valence electrons. The molecule has 0 saturated carbocycles. The first-order chi connectivity index (χ1) is 13.3. The molecule has 3 rings (SSSR count). The topological polar surface area (TPSA) is 150 Å². The number of aromatic nitrogens is 2. The highest BCUT2D eigenvalue weighted by atomic mass is 35.5. The van der Waals surface area contributed by atoms with Gasteiger partial charge in [-0.2, -0.15) is 0 Å². The van der Waals surface area contributed by atoms with Crippen LogP contribution in [0.3, 0.4) is 0 Å². The number of benzene rings is 1. The van der Waals surface area contributed by atoms with Crippen LogP contribution in [0.15, 0.2) is 36.4 Å². The molecule has 28 heavy (non-hydrogen) atoms. The summed E-state index contributed by atoms with van der Waals surface area (Å²) in [7, 11) is 0. The van der Waals surface area contributed by atoms with Crippen molar-refractivity contribution in [3.05, 3.63) is 62.7 Å². The molecule has 0 aliphatic rings. The van der Waals surface area contributed by atoms with Crippen LogP contribution in [0.5, 0.6) is 0 Å². The fourth-order valence-corrected chi connectivity index (χ4v) is 3.31. The summed E-state index contributed by atoms with van der Waals surface area (Å²) in [6.45, 7) is 0. The minimum atomic E-state index is -1.02. The number of thiophene rings is 1. The molecule has 0 saturated heterocycles. The van der Waals surface area contributed by atoms with Crippen molar-refractivity contribution in [1.29, 1.82) is 0 Å². The van der Waals surface area contributed by atoms with E-state index in [-0.39, 0.29) is 22.8 Å². The van der Waals surface area contributed by atoms with Crippen LogP contribution >= 0.6 is 22.9 Å². The van der Waals surface area contributed by atoms with Crippen molar-refractivity contribution in [2.24, 2.45) is 5.73 Å². The number of amides is 3. The summed E-state index contributed by atoms with van der Waals surface area (Å²) in [6.07, 6.45) is 0.249. The minimum Gasteiger partial charge on any atom is -0.477 e. The summed E-state index contributed by atoms with van der Waals surface area (Å²) in [5.41, 5.74) is 5.70. The third-order valence-corrected chi connectivity index (χ3v) is 4.87. The normalized spacial score (nSPS) is 10.5. The zero-order chi connectivity index (χ0) is 20.3. The molecule has 0 radical (unpaired) electrons. The maximum absolute atomic E-state index is 12.2. The number of carbonyl (C=O) groups is 3. The van der Waals surface area contributed by atoms with Crippen molar-refractivity contribution in [2.45, 2.75) is 6.42 Å². The first-order valence-corrected chi connectivity index (χ1v) is 9.05. The number of rotatable bonds is 6. The van der Waals surface area contributed by atoms with E-state index >= 15 is 0 Å². The predicted molar refractivity (Wildman–Crippen MR) is 105 cm³/mol. The number of anilines is 2. The number of aromatic carboxylic acids is 1. The van der Waals surface area contributed by atoms with E-state index < -0.39 is 17.9 Å². The Kier molecular flexibility index (Phi) is 5.62. The quantitative estimate of drug-likeness (QED) is 0.415. The molecule has 6 N–H and O–H groups in total. The van der Waals surface area contributed by atoms with Crippen LogP contribution in [0.4, 0.5) is 16.3 Å². The fourth-order valence-electron chi connectivity index (χ4n) is 2.34. The largest absolute Gasteiger partial charge is 0.477 e. The third-order valence-electron chi connectivity index (χ3n) is 3.54. The summed E-state index contributed by atoms with van der Waals surface area (Å²) < 4.78 is 0. The van der Waals surface area contributed by atoms with E-state index in [4.69, 9.17) is 22.4 Å². The molecule has 0 spiro atoms. The van der Waals surface area contributed by atoms with Gasteiger partial charge in [0.1, 0.15) is 16.5 Å². The monoisotopic (exact) mass is 419 g/mol. The van der Waals surface area contributed by atoms with Gasteiger partial charge >= 0.3 is 12.0 Å². The van der Waals surface area contributed by atoms with Gasteiger partial charge in [-0.25, -0.2) is 14.6 Å². The second-order valence-corrected chi connectivity index (χ2v) is 7.21. The van der Waals surface area contributed by atoms with Gasteiger partial charge in [0, 0.05) is 22.0 Å². The molecule has 3 amide bonds. The number of carboxylic acids is 1. The maximum atomic E-state index is 12.2. The molecule has 0 atom stereocenters. The summed E-state index contributed by atoms with van der Waals surface area (Å²) in [6, 6.07) is 9.00. The van der Waals surface area contributed by atoms with Crippen LogP contribution in [0.1, 0.15) is 30.9 Å². The van der Waals surface area contributed by atoms with Crippen molar-refractivity contribution in [2.75, 3.05) is 10.6 Å². The Hall–Kier alpha value is -3.37.